The van der Waals surface area contributed by atoms with E-state index in [0.717, 1.165) is 6.42 Å². The molecule has 2 heteroatoms. The highest BCUT2D eigenvalue weighted by molar-refractivity contribution is 5.39. The molecule has 0 amide bonds. The minimum absolute atomic E-state index is 0.0384. The fourth-order valence-corrected chi connectivity index (χ4v) is 2.51. The molecule has 1 N–H and O–H groups in total. The number of ether oxygens (including phenoxy) is 1. The Hall–Kier alpha value is -1.64. The predicted molar refractivity (Wildman–Crippen MR) is 81.9 cm³/mol. The number of aliphatic hydroxyl groups excluding tert-OH is 1. The van der Waals surface area contributed by atoms with Crippen LogP contribution in [0, 0.1) is 6.92 Å². The average Bonchev–Trinajstić information content (AvgIpc) is 2.49. The number of aliphatic hydroxyl groups is 1. The van der Waals surface area contributed by atoms with Gasteiger partial charge in [0.2, 0.25) is 0 Å². The Labute approximate surface area is 121 Å². The molecule has 20 heavy (non-hydrogen) atoms. The van der Waals surface area contributed by atoms with Crippen molar-refractivity contribution in [1.29, 1.82) is 0 Å². The third-order valence-corrected chi connectivity index (χ3v) is 3.57. The van der Waals surface area contributed by atoms with Gasteiger partial charge in [0, 0.05) is 0 Å². The Bertz CT molecular complexity index is 549. The van der Waals surface area contributed by atoms with E-state index in [9.17, 15) is 0 Å². The summed E-state index contributed by atoms with van der Waals surface area (Å²) in [4.78, 5) is 0. The Morgan fingerprint density at radius 3 is 2.30 bits per heavy atom. The monoisotopic (exact) mass is 270 g/mol. The molecule has 1 atom stereocenters. The summed E-state index contributed by atoms with van der Waals surface area (Å²) in [6.45, 7) is 4.63. The van der Waals surface area contributed by atoms with Gasteiger partial charge in [-0.2, -0.15) is 0 Å². The summed E-state index contributed by atoms with van der Waals surface area (Å²) in [6.07, 6.45) is 0.862. The first-order valence-electron chi connectivity index (χ1n) is 7.13. The molecule has 0 aliphatic rings. The van der Waals surface area contributed by atoms with E-state index in [2.05, 4.69) is 44.2 Å². The van der Waals surface area contributed by atoms with Crippen LogP contribution >= 0.6 is 0 Å². The molecule has 1 unspecified atom stereocenters. The molecular formula is C18H22O2. The largest absolute Gasteiger partial charge is 0.394 e. The Morgan fingerprint density at radius 1 is 1.00 bits per heavy atom. The zero-order chi connectivity index (χ0) is 14.4. The van der Waals surface area contributed by atoms with Gasteiger partial charge in [0.25, 0.3) is 0 Å². The summed E-state index contributed by atoms with van der Waals surface area (Å²) < 4.78 is 5.94. The fourth-order valence-electron chi connectivity index (χ4n) is 2.51. The zero-order valence-corrected chi connectivity index (χ0v) is 12.2. The van der Waals surface area contributed by atoms with Gasteiger partial charge in [0.15, 0.2) is 0 Å². The van der Waals surface area contributed by atoms with Gasteiger partial charge >= 0.3 is 0 Å². The van der Waals surface area contributed by atoms with E-state index in [0.29, 0.717) is 6.61 Å². The Balaban J connectivity index is 2.44. The van der Waals surface area contributed by atoms with Crippen LogP contribution in [0.5, 0.6) is 0 Å². The highest BCUT2D eigenvalue weighted by atomic mass is 16.5. The summed E-state index contributed by atoms with van der Waals surface area (Å²) in [6, 6.07) is 16.6. The molecule has 0 saturated heterocycles. The Kier molecular flexibility index (Phi) is 5.33. The number of hydrogen-bond acceptors (Lipinski definition) is 2. The van der Waals surface area contributed by atoms with E-state index >= 15 is 0 Å². The molecule has 2 aromatic rings. The van der Waals surface area contributed by atoms with Gasteiger partial charge in [-0.1, -0.05) is 55.5 Å². The van der Waals surface area contributed by atoms with Crippen molar-refractivity contribution < 1.29 is 9.84 Å². The zero-order valence-electron chi connectivity index (χ0n) is 12.2. The third kappa shape index (κ3) is 3.27. The fraction of sp³-hybridized carbons (Fsp3) is 0.333. The van der Waals surface area contributed by atoms with Crippen LogP contribution < -0.4 is 0 Å². The van der Waals surface area contributed by atoms with E-state index in [4.69, 9.17) is 9.84 Å². The molecule has 0 fully saturated rings. The van der Waals surface area contributed by atoms with E-state index in [1.165, 1.54) is 22.3 Å². The normalized spacial score (nSPS) is 12.3. The lowest BCUT2D eigenvalue weighted by atomic mass is 9.93. The van der Waals surface area contributed by atoms with Crippen molar-refractivity contribution in [3.63, 3.8) is 0 Å². The minimum Gasteiger partial charge on any atom is -0.394 e. The van der Waals surface area contributed by atoms with Gasteiger partial charge in [-0.25, -0.2) is 0 Å². The van der Waals surface area contributed by atoms with Crippen LogP contribution in [0.3, 0.4) is 0 Å². The summed E-state index contributed by atoms with van der Waals surface area (Å²) in [5, 5.41) is 9.08. The molecule has 0 aliphatic heterocycles. The van der Waals surface area contributed by atoms with Crippen LogP contribution in [0.2, 0.25) is 0 Å². The summed E-state index contributed by atoms with van der Waals surface area (Å²) in [7, 11) is 0. The smallest absolute Gasteiger partial charge is 0.108 e. The second kappa shape index (κ2) is 7.22. The van der Waals surface area contributed by atoms with E-state index in [-0.39, 0.29) is 12.7 Å². The maximum atomic E-state index is 9.08. The Morgan fingerprint density at radius 2 is 1.65 bits per heavy atom. The van der Waals surface area contributed by atoms with E-state index in [1.807, 2.05) is 18.2 Å². The van der Waals surface area contributed by atoms with Crippen molar-refractivity contribution in [2.45, 2.75) is 26.4 Å². The second-order valence-electron chi connectivity index (χ2n) is 4.88. The lowest BCUT2D eigenvalue weighted by Crippen LogP contribution is -2.12. The van der Waals surface area contributed by atoms with Crippen molar-refractivity contribution in [3.8, 4) is 0 Å². The molecule has 2 rings (SSSR count). The summed E-state index contributed by atoms with van der Waals surface area (Å²) in [5.41, 5.74) is 4.86. The maximum absolute atomic E-state index is 9.08. The van der Waals surface area contributed by atoms with Gasteiger partial charge in [0.1, 0.15) is 6.10 Å². The number of hydrogen-bond donors (Lipinski definition) is 1. The van der Waals surface area contributed by atoms with Gasteiger partial charge in [-0.15, -0.1) is 0 Å². The lowest BCUT2D eigenvalue weighted by Gasteiger charge is -2.22. The molecule has 0 heterocycles. The minimum atomic E-state index is -0.112. The van der Waals surface area contributed by atoms with E-state index < -0.39 is 0 Å². The predicted octanol–water partition coefficient (Wildman–Crippen LogP) is 3.66. The molecule has 0 bridgehead atoms. The maximum Gasteiger partial charge on any atom is 0.108 e. The van der Waals surface area contributed by atoms with Crippen molar-refractivity contribution in [1.82, 2.24) is 0 Å². The van der Waals surface area contributed by atoms with Gasteiger partial charge in [0.05, 0.1) is 13.2 Å². The first-order chi connectivity index (χ1) is 9.77. The third-order valence-electron chi connectivity index (χ3n) is 3.57. The summed E-state index contributed by atoms with van der Waals surface area (Å²) >= 11 is 0. The molecular weight excluding hydrogens is 248 g/mol. The average molecular weight is 270 g/mol. The van der Waals surface area contributed by atoms with Crippen molar-refractivity contribution in [2.24, 2.45) is 0 Å². The molecule has 0 aliphatic carbocycles. The molecule has 106 valence electrons. The number of aryl methyl sites for hydroxylation is 2. The number of benzene rings is 2. The molecule has 2 nitrogen and oxygen atoms in total. The summed E-state index contributed by atoms with van der Waals surface area (Å²) in [5.74, 6) is 0. The van der Waals surface area contributed by atoms with Crippen molar-refractivity contribution >= 4 is 0 Å². The highest BCUT2D eigenvalue weighted by Crippen LogP contribution is 2.30. The molecule has 0 aromatic heterocycles. The topological polar surface area (TPSA) is 29.5 Å². The number of rotatable bonds is 6. The molecule has 0 spiro atoms. The van der Waals surface area contributed by atoms with Gasteiger partial charge in [-0.3, -0.25) is 0 Å². The molecule has 0 radical (unpaired) electrons. The standard InChI is InChI=1S/C18H22O2/c1-3-15-9-5-7-11-17(15)18(20-13-12-19)16-10-6-4-8-14(16)2/h4-11,18-19H,3,12-13H2,1-2H3. The SMILES string of the molecule is CCc1ccccc1C(OCCO)c1ccccc1C. The highest BCUT2D eigenvalue weighted by Gasteiger charge is 2.18. The van der Waals surface area contributed by atoms with Crippen LogP contribution in [0.4, 0.5) is 0 Å². The van der Waals surface area contributed by atoms with Gasteiger partial charge < -0.3 is 9.84 Å². The van der Waals surface area contributed by atoms with Crippen LogP contribution in [0.1, 0.15) is 35.3 Å². The lowest BCUT2D eigenvalue weighted by molar-refractivity contribution is 0.0494. The van der Waals surface area contributed by atoms with Crippen LogP contribution in [-0.4, -0.2) is 18.3 Å². The van der Waals surface area contributed by atoms with Crippen LogP contribution in [0.25, 0.3) is 0 Å². The molecule has 2 aromatic carbocycles. The second-order valence-corrected chi connectivity index (χ2v) is 4.88. The van der Waals surface area contributed by atoms with Crippen LogP contribution in [-0.2, 0) is 11.2 Å². The van der Waals surface area contributed by atoms with E-state index in [1.54, 1.807) is 0 Å². The quantitative estimate of drug-likeness (QED) is 0.868. The van der Waals surface area contributed by atoms with Gasteiger partial charge in [-0.05, 0) is 35.6 Å². The van der Waals surface area contributed by atoms with Crippen molar-refractivity contribution in [2.75, 3.05) is 13.2 Å². The van der Waals surface area contributed by atoms with Crippen LogP contribution in [0.15, 0.2) is 48.5 Å². The first kappa shape index (κ1) is 14.8. The first-order valence-corrected chi connectivity index (χ1v) is 7.13. The van der Waals surface area contributed by atoms with Crippen molar-refractivity contribution in [3.05, 3.63) is 70.8 Å². The molecule has 0 saturated carbocycles.